The number of ether oxygens (including phenoxy) is 1. The van der Waals surface area contributed by atoms with Crippen LogP contribution in [0.25, 0.3) is 0 Å². The summed E-state index contributed by atoms with van der Waals surface area (Å²) in [6.45, 7) is 7.30. The minimum absolute atomic E-state index is 0.0797. The molecule has 3 nitrogen and oxygen atoms in total. The van der Waals surface area contributed by atoms with E-state index in [-0.39, 0.29) is 23.5 Å². The Morgan fingerprint density at radius 1 is 1.14 bits per heavy atom. The molecule has 1 aromatic rings. The van der Waals surface area contributed by atoms with E-state index >= 15 is 0 Å². The maximum Gasteiger partial charge on any atom is 0.243 e. The lowest BCUT2D eigenvalue weighted by Gasteiger charge is -2.60. The van der Waals surface area contributed by atoms with Crippen molar-refractivity contribution >= 4 is 17.5 Å². The van der Waals surface area contributed by atoms with Gasteiger partial charge in [-0.25, -0.2) is 0 Å². The minimum Gasteiger partial charge on any atom is -0.490 e. The number of carbonyl (C=O) groups excluding carboxylic acids is 1. The molecule has 0 radical (unpaired) electrons. The summed E-state index contributed by atoms with van der Waals surface area (Å²) in [6.07, 6.45) is 10.2. The van der Waals surface area contributed by atoms with Gasteiger partial charge in [0.2, 0.25) is 5.91 Å². The molecule has 0 bridgehead atoms. The predicted octanol–water partition coefficient (Wildman–Crippen LogP) is 5.63. The summed E-state index contributed by atoms with van der Waals surface area (Å²) in [5, 5.41) is 4.03. The molecule has 4 aliphatic rings. The van der Waals surface area contributed by atoms with Gasteiger partial charge < -0.3 is 10.1 Å². The highest BCUT2D eigenvalue weighted by atomic mass is 35.5. The molecule has 3 aliphatic carbocycles. The van der Waals surface area contributed by atoms with Crippen LogP contribution < -0.4 is 10.1 Å². The van der Waals surface area contributed by atoms with E-state index < -0.39 is 0 Å². The Morgan fingerprint density at radius 2 is 1.90 bits per heavy atom. The monoisotopic (exact) mass is 413 g/mol. The van der Waals surface area contributed by atoms with Crippen molar-refractivity contribution in [1.82, 2.24) is 5.32 Å². The molecule has 4 heteroatoms. The molecule has 1 amide bonds. The van der Waals surface area contributed by atoms with Crippen LogP contribution in [-0.2, 0) is 4.79 Å². The zero-order chi connectivity index (χ0) is 20.4. The minimum atomic E-state index is 0.0797. The zero-order valence-corrected chi connectivity index (χ0v) is 18.4. The van der Waals surface area contributed by atoms with Crippen LogP contribution in [0.1, 0.15) is 52.9 Å². The molecule has 0 spiro atoms. The summed E-state index contributed by atoms with van der Waals surface area (Å²) in [7, 11) is 0. The molecule has 0 aromatic heterocycles. The highest BCUT2D eigenvalue weighted by Crippen LogP contribution is 2.64. The summed E-state index contributed by atoms with van der Waals surface area (Å²) >= 11 is 6.03. The number of hydrogen-bond acceptors (Lipinski definition) is 2. The van der Waals surface area contributed by atoms with Gasteiger partial charge in [0, 0.05) is 16.5 Å². The van der Waals surface area contributed by atoms with Gasteiger partial charge in [-0.1, -0.05) is 38.4 Å². The topological polar surface area (TPSA) is 38.3 Å². The fourth-order valence-electron chi connectivity index (χ4n) is 7.47. The molecule has 29 heavy (non-hydrogen) atoms. The second-order valence-corrected chi connectivity index (χ2v) is 11.0. The Morgan fingerprint density at radius 3 is 2.66 bits per heavy atom. The van der Waals surface area contributed by atoms with Crippen LogP contribution >= 0.6 is 11.6 Å². The highest BCUT2D eigenvalue weighted by Gasteiger charge is 2.60. The van der Waals surface area contributed by atoms with Gasteiger partial charge in [-0.2, -0.15) is 0 Å². The molecular formula is C25H32ClNO2. The molecule has 1 aliphatic heterocycles. The van der Waals surface area contributed by atoms with Gasteiger partial charge in [0.1, 0.15) is 5.75 Å². The van der Waals surface area contributed by atoms with Crippen LogP contribution in [-0.4, -0.2) is 18.1 Å². The second-order valence-electron chi connectivity index (χ2n) is 10.6. The van der Waals surface area contributed by atoms with E-state index in [2.05, 4.69) is 32.2 Å². The first-order chi connectivity index (χ1) is 13.8. The lowest BCUT2D eigenvalue weighted by molar-refractivity contribution is -0.124. The van der Waals surface area contributed by atoms with E-state index in [0.29, 0.717) is 29.1 Å². The normalized spacial score (nSPS) is 45.7. The molecule has 1 unspecified atom stereocenters. The molecule has 0 saturated heterocycles. The van der Waals surface area contributed by atoms with Crippen molar-refractivity contribution in [1.29, 1.82) is 0 Å². The summed E-state index contributed by atoms with van der Waals surface area (Å²) in [5.74, 6) is 3.67. The first-order valence-electron chi connectivity index (χ1n) is 11.2. The van der Waals surface area contributed by atoms with Crippen molar-refractivity contribution in [2.75, 3.05) is 0 Å². The van der Waals surface area contributed by atoms with Gasteiger partial charge in [-0.05, 0) is 91.5 Å². The van der Waals surface area contributed by atoms with Crippen molar-refractivity contribution in [3.63, 3.8) is 0 Å². The number of nitrogens with one attached hydrogen (secondary N) is 1. The summed E-state index contributed by atoms with van der Waals surface area (Å²) < 4.78 is 6.42. The van der Waals surface area contributed by atoms with E-state index in [9.17, 15) is 4.79 Å². The maximum absolute atomic E-state index is 12.0. The van der Waals surface area contributed by atoms with Gasteiger partial charge in [-0.3, -0.25) is 4.79 Å². The van der Waals surface area contributed by atoms with Gasteiger partial charge in [0.05, 0.1) is 6.10 Å². The van der Waals surface area contributed by atoms with Gasteiger partial charge in [0.15, 0.2) is 0 Å². The van der Waals surface area contributed by atoms with Crippen molar-refractivity contribution in [2.24, 2.45) is 34.5 Å². The SMILES string of the molecule is CC1C[C@H]2NC(=O)C=C[C@]2(C)[C@H]2CC[C@]3(C)C[C@@H](Oc4ccc(Cl)cc4)C[C@H]3[C@H]12. The third-order valence-electron chi connectivity index (χ3n) is 8.90. The Hall–Kier alpha value is -1.48. The van der Waals surface area contributed by atoms with E-state index in [0.717, 1.165) is 30.0 Å². The summed E-state index contributed by atoms with van der Waals surface area (Å²) in [5.41, 5.74) is 0.443. The van der Waals surface area contributed by atoms with Crippen molar-refractivity contribution in [3.05, 3.63) is 41.4 Å². The van der Waals surface area contributed by atoms with Crippen molar-refractivity contribution < 1.29 is 9.53 Å². The Balaban J connectivity index is 1.40. The predicted molar refractivity (Wildman–Crippen MR) is 116 cm³/mol. The Kier molecular flexibility index (Phi) is 4.55. The van der Waals surface area contributed by atoms with E-state index in [4.69, 9.17) is 16.3 Å². The second kappa shape index (κ2) is 6.77. The number of benzene rings is 1. The third kappa shape index (κ3) is 3.12. The maximum atomic E-state index is 12.0. The molecular weight excluding hydrogens is 382 g/mol. The lowest BCUT2D eigenvalue weighted by atomic mass is 9.46. The fourth-order valence-corrected chi connectivity index (χ4v) is 7.60. The van der Waals surface area contributed by atoms with Crippen LogP contribution in [0, 0.1) is 34.5 Å². The molecule has 5 rings (SSSR count). The average molecular weight is 414 g/mol. The first kappa shape index (κ1) is 19.5. The smallest absolute Gasteiger partial charge is 0.243 e. The quantitative estimate of drug-likeness (QED) is 0.682. The number of carbonyl (C=O) groups is 1. The Bertz CT molecular complexity index is 836. The Labute approximate surface area is 179 Å². The van der Waals surface area contributed by atoms with Crippen LogP contribution in [0.4, 0.5) is 0 Å². The largest absolute Gasteiger partial charge is 0.490 e. The summed E-state index contributed by atoms with van der Waals surface area (Å²) in [4.78, 5) is 12.0. The van der Waals surface area contributed by atoms with Gasteiger partial charge in [0.25, 0.3) is 0 Å². The van der Waals surface area contributed by atoms with Crippen LogP contribution in [0.3, 0.4) is 0 Å². The van der Waals surface area contributed by atoms with Crippen molar-refractivity contribution in [3.8, 4) is 5.75 Å². The van der Waals surface area contributed by atoms with E-state index in [1.54, 1.807) is 6.08 Å². The number of halogens is 1. The van der Waals surface area contributed by atoms with Crippen LogP contribution in [0.2, 0.25) is 5.02 Å². The lowest BCUT2D eigenvalue weighted by Crippen LogP contribution is -2.61. The zero-order valence-electron chi connectivity index (χ0n) is 17.7. The highest BCUT2D eigenvalue weighted by molar-refractivity contribution is 6.30. The first-order valence-corrected chi connectivity index (χ1v) is 11.6. The average Bonchev–Trinajstić information content (AvgIpc) is 3.01. The summed E-state index contributed by atoms with van der Waals surface area (Å²) in [6, 6.07) is 8.07. The molecule has 1 N–H and O–H groups in total. The molecule has 3 saturated carbocycles. The molecule has 8 atom stereocenters. The van der Waals surface area contributed by atoms with Gasteiger partial charge in [-0.15, -0.1) is 0 Å². The standard InChI is InChI=1S/C25H32ClNO2/c1-15-12-21-25(3,11-9-22(28)27-21)19-8-10-24(2)14-18(13-20(24)23(15)19)29-17-6-4-16(26)5-7-17/h4-7,9,11,15,18-21,23H,8,10,12-14H2,1-3H3,(H,27,28)/t15?,18-,19-,20-,21+,23+,24+,25+/m0/s1. The molecule has 1 aromatic carbocycles. The molecule has 3 fully saturated rings. The number of hydrogen-bond donors (Lipinski definition) is 1. The van der Waals surface area contributed by atoms with E-state index in [1.807, 2.05) is 24.3 Å². The number of fused-ring (bicyclic) bond motifs is 5. The number of amides is 1. The number of rotatable bonds is 2. The molecule has 156 valence electrons. The fraction of sp³-hybridized carbons (Fsp3) is 0.640. The van der Waals surface area contributed by atoms with Crippen molar-refractivity contribution in [2.45, 2.75) is 65.0 Å². The van der Waals surface area contributed by atoms with Crippen LogP contribution in [0.15, 0.2) is 36.4 Å². The van der Waals surface area contributed by atoms with E-state index in [1.165, 1.54) is 12.8 Å². The van der Waals surface area contributed by atoms with Crippen LogP contribution in [0.5, 0.6) is 5.75 Å². The third-order valence-corrected chi connectivity index (χ3v) is 9.15. The molecule has 1 heterocycles. The van der Waals surface area contributed by atoms with Gasteiger partial charge >= 0.3 is 0 Å².